The predicted molar refractivity (Wildman–Crippen MR) is 114 cm³/mol. The fourth-order valence-corrected chi connectivity index (χ4v) is 3.61. The molecule has 1 aliphatic rings. The Morgan fingerprint density at radius 2 is 1.64 bits per heavy atom. The van der Waals surface area contributed by atoms with Crippen LogP contribution in [0.1, 0.15) is 25.3 Å². The van der Waals surface area contributed by atoms with Crippen molar-refractivity contribution in [3.05, 3.63) is 54.1 Å². The molecular weight excluding hydrogens is 352 g/mol. The number of rotatable bonds is 8. The zero-order valence-corrected chi connectivity index (χ0v) is 17.2. The number of ether oxygens (including phenoxy) is 2. The lowest BCUT2D eigenvalue weighted by molar-refractivity contribution is 0.0659. The summed E-state index contributed by atoms with van der Waals surface area (Å²) in [6.45, 7) is 9.05. The first-order chi connectivity index (χ1) is 13.6. The fraction of sp³-hybridized carbons (Fsp3) is 0.478. The average molecular weight is 385 g/mol. The van der Waals surface area contributed by atoms with Gasteiger partial charge < -0.3 is 19.5 Å². The van der Waals surface area contributed by atoms with Gasteiger partial charge in [0.25, 0.3) is 0 Å². The highest BCUT2D eigenvalue weighted by Gasteiger charge is 2.20. The molecule has 0 amide bonds. The van der Waals surface area contributed by atoms with Crippen molar-refractivity contribution in [1.29, 1.82) is 0 Å². The van der Waals surface area contributed by atoms with Crippen LogP contribution in [0.3, 0.4) is 0 Å². The molecule has 1 atom stereocenters. The van der Waals surface area contributed by atoms with Crippen molar-refractivity contribution in [3.63, 3.8) is 0 Å². The summed E-state index contributed by atoms with van der Waals surface area (Å²) in [7, 11) is 1.68. The molecule has 1 heterocycles. The van der Waals surface area contributed by atoms with Crippen LogP contribution >= 0.6 is 0 Å². The van der Waals surface area contributed by atoms with Crippen molar-refractivity contribution < 1.29 is 14.6 Å². The van der Waals surface area contributed by atoms with Crippen molar-refractivity contribution in [2.75, 3.05) is 51.3 Å². The van der Waals surface area contributed by atoms with Gasteiger partial charge in [-0.15, -0.1) is 0 Å². The second kappa shape index (κ2) is 9.80. The van der Waals surface area contributed by atoms with Crippen molar-refractivity contribution >= 4 is 5.69 Å². The molecule has 5 heteroatoms. The molecule has 5 nitrogen and oxygen atoms in total. The number of aliphatic hydroxyl groups excluding tert-OH is 1. The molecule has 3 rings (SSSR count). The van der Waals surface area contributed by atoms with Gasteiger partial charge in [0.05, 0.1) is 7.11 Å². The summed E-state index contributed by atoms with van der Waals surface area (Å²) >= 11 is 0. The summed E-state index contributed by atoms with van der Waals surface area (Å²) in [6, 6.07) is 16.3. The maximum atomic E-state index is 10.4. The maximum Gasteiger partial charge on any atom is 0.122 e. The Labute approximate surface area is 168 Å². The van der Waals surface area contributed by atoms with Gasteiger partial charge in [0.2, 0.25) is 0 Å². The molecule has 0 unspecified atom stereocenters. The minimum Gasteiger partial charge on any atom is -0.497 e. The van der Waals surface area contributed by atoms with Crippen LogP contribution in [0.5, 0.6) is 11.5 Å². The lowest BCUT2D eigenvalue weighted by atomic mass is 10.0. The van der Waals surface area contributed by atoms with E-state index in [0.29, 0.717) is 19.1 Å². The van der Waals surface area contributed by atoms with E-state index in [1.54, 1.807) is 7.11 Å². The lowest BCUT2D eigenvalue weighted by Gasteiger charge is -2.37. The number of β-amino-alcohol motifs (C(OH)–C–C–N with tert-alkyl or cyclic N) is 1. The van der Waals surface area contributed by atoms with Crippen LogP contribution in [0.2, 0.25) is 0 Å². The van der Waals surface area contributed by atoms with Crippen LogP contribution in [-0.4, -0.2) is 62.6 Å². The Bertz CT molecular complexity index is 725. The van der Waals surface area contributed by atoms with Gasteiger partial charge in [0.1, 0.15) is 24.2 Å². The molecule has 1 fully saturated rings. The van der Waals surface area contributed by atoms with E-state index in [4.69, 9.17) is 9.47 Å². The van der Waals surface area contributed by atoms with Gasteiger partial charge in [-0.2, -0.15) is 0 Å². The lowest BCUT2D eigenvalue weighted by Crippen LogP contribution is -2.49. The van der Waals surface area contributed by atoms with E-state index in [1.165, 1.54) is 11.3 Å². The zero-order valence-electron chi connectivity index (χ0n) is 17.2. The Morgan fingerprint density at radius 1 is 0.964 bits per heavy atom. The van der Waals surface area contributed by atoms with Crippen molar-refractivity contribution in [2.45, 2.75) is 25.9 Å². The summed E-state index contributed by atoms with van der Waals surface area (Å²) in [5, 5.41) is 10.4. The first-order valence-electron chi connectivity index (χ1n) is 10.1. The molecule has 0 radical (unpaired) electrons. The number of benzene rings is 2. The topological polar surface area (TPSA) is 45.2 Å². The molecule has 0 saturated carbocycles. The first kappa shape index (κ1) is 20.5. The Kier molecular flexibility index (Phi) is 7.18. The highest BCUT2D eigenvalue weighted by Crippen LogP contribution is 2.26. The van der Waals surface area contributed by atoms with E-state index in [1.807, 2.05) is 30.3 Å². The number of nitrogens with zero attached hydrogens (tertiary/aromatic N) is 2. The van der Waals surface area contributed by atoms with E-state index in [-0.39, 0.29) is 0 Å². The molecule has 1 saturated heterocycles. The largest absolute Gasteiger partial charge is 0.497 e. The van der Waals surface area contributed by atoms with Crippen LogP contribution in [0.15, 0.2) is 48.5 Å². The molecule has 28 heavy (non-hydrogen) atoms. The third kappa shape index (κ3) is 5.40. The average Bonchev–Trinajstić information content (AvgIpc) is 2.73. The summed E-state index contributed by atoms with van der Waals surface area (Å²) < 4.78 is 11.1. The third-order valence-electron chi connectivity index (χ3n) is 5.25. The summed E-state index contributed by atoms with van der Waals surface area (Å²) in [4.78, 5) is 4.68. The highest BCUT2D eigenvalue weighted by atomic mass is 16.5. The third-order valence-corrected chi connectivity index (χ3v) is 5.25. The van der Waals surface area contributed by atoms with E-state index in [9.17, 15) is 5.11 Å². The molecule has 1 aliphatic heterocycles. The van der Waals surface area contributed by atoms with Crippen LogP contribution in [0.25, 0.3) is 0 Å². The van der Waals surface area contributed by atoms with E-state index >= 15 is 0 Å². The second-order valence-corrected chi connectivity index (χ2v) is 7.64. The molecule has 2 aromatic carbocycles. The molecule has 0 aliphatic carbocycles. The second-order valence-electron chi connectivity index (χ2n) is 7.64. The highest BCUT2D eigenvalue weighted by molar-refractivity contribution is 5.49. The predicted octanol–water partition coefficient (Wildman–Crippen LogP) is 3.38. The van der Waals surface area contributed by atoms with E-state index in [0.717, 1.165) is 37.7 Å². The maximum absolute atomic E-state index is 10.4. The fourth-order valence-electron chi connectivity index (χ4n) is 3.61. The Hall–Kier alpha value is -2.24. The van der Waals surface area contributed by atoms with Crippen LogP contribution < -0.4 is 14.4 Å². The minimum absolute atomic E-state index is 0.322. The van der Waals surface area contributed by atoms with Gasteiger partial charge in [-0.1, -0.05) is 32.0 Å². The van der Waals surface area contributed by atoms with Gasteiger partial charge in [-0.25, -0.2) is 0 Å². The standard InChI is InChI=1S/C23H32N2O3/c1-18(2)22-6-4-5-7-23(22)28-17-20(26)16-24-12-14-25(15-13-24)19-8-10-21(27-3)11-9-19/h4-11,18,20,26H,12-17H2,1-3H3/t20-/m1/s1. The summed E-state index contributed by atoms with van der Waals surface area (Å²) in [5.41, 5.74) is 2.40. The zero-order chi connectivity index (χ0) is 19.9. The summed E-state index contributed by atoms with van der Waals surface area (Å²) in [6.07, 6.45) is -0.493. The number of hydrogen-bond acceptors (Lipinski definition) is 5. The SMILES string of the molecule is COc1ccc(N2CCN(C[C@@H](O)COc3ccccc3C(C)C)CC2)cc1. The molecule has 2 aromatic rings. The normalized spacial score (nSPS) is 16.2. The molecule has 0 aromatic heterocycles. The number of piperazine rings is 1. The number of hydrogen-bond donors (Lipinski definition) is 1. The van der Waals surface area contributed by atoms with Gasteiger partial charge in [0.15, 0.2) is 0 Å². The smallest absolute Gasteiger partial charge is 0.122 e. The van der Waals surface area contributed by atoms with Gasteiger partial charge in [0, 0.05) is 38.4 Å². The van der Waals surface area contributed by atoms with Gasteiger partial charge in [-0.05, 0) is 41.8 Å². The van der Waals surface area contributed by atoms with Crippen LogP contribution in [-0.2, 0) is 0 Å². The molecule has 1 N–H and O–H groups in total. The molecular formula is C23H32N2O3. The first-order valence-corrected chi connectivity index (χ1v) is 10.1. The van der Waals surface area contributed by atoms with Crippen LogP contribution in [0, 0.1) is 0 Å². The minimum atomic E-state index is -0.493. The monoisotopic (exact) mass is 384 g/mol. The van der Waals surface area contributed by atoms with Crippen molar-refractivity contribution in [2.24, 2.45) is 0 Å². The molecule has 0 bridgehead atoms. The van der Waals surface area contributed by atoms with E-state index in [2.05, 4.69) is 41.8 Å². The number of anilines is 1. The van der Waals surface area contributed by atoms with Crippen LogP contribution in [0.4, 0.5) is 5.69 Å². The summed E-state index contributed by atoms with van der Waals surface area (Å²) in [5.74, 6) is 2.16. The number of aliphatic hydroxyl groups is 1. The van der Waals surface area contributed by atoms with Gasteiger partial charge in [-0.3, -0.25) is 4.90 Å². The Balaban J connectivity index is 1.44. The van der Waals surface area contributed by atoms with Gasteiger partial charge >= 0.3 is 0 Å². The number of methoxy groups -OCH3 is 1. The van der Waals surface area contributed by atoms with E-state index < -0.39 is 6.10 Å². The van der Waals surface area contributed by atoms with Crippen molar-refractivity contribution in [1.82, 2.24) is 4.90 Å². The number of para-hydroxylation sites is 1. The molecule has 0 spiro atoms. The molecule has 152 valence electrons. The van der Waals surface area contributed by atoms with Crippen molar-refractivity contribution in [3.8, 4) is 11.5 Å². The Morgan fingerprint density at radius 3 is 2.29 bits per heavy atom. The quantitative estimate of drug-likeness (QED) is 0.756.